The normalized spacial score (nSPS) is 10.2. The molecule has 1 aromatic heterocycles. The van der Waals surface area contributed by atoms with Gasteiger partial charge in [0.25, 0.3) is 0 Å². The van der Waals surface area contributed by atoms with E-state index in [1.54, 1.807) is 6.07 Å². The van der Waals surface area contributed by atoms with Gasteiger partial charge in [0.2, 0.25) is 0 Å². The van der Waals surface area contributed by atoms with Crippen molar-refractivity contribution in [3.8, 4) is 0 Å². The molecule has 132 valence electrons. The summed E-state index contributed by atoms with van der Waals surface area (Å²) in [6.07, 6.45) is 0.790. The molecule has 0 atom stereocenters. The quantitative estimate of drug-likeness (QED) is 0.741. The van der Waals surface area contributed by atoms with Gasteiger partial charge < -0.3 is 9.57 Å². The summed E-state index contributed by atoms with van der Waals surface area (Å²) in [6.45, 7) is 0.362. The molecule has 0 unspecified atom stereocenters. The first-order chi connectivity index (χ1) is 12.7. The maximum Gasteiger partial charge on any atom is 0.412 e. The summed E-state index contributed by atoms with van der Waals surface area (Å²) in [5.74, 6) is 0. The Kier molecular flexibility index (Phi) is 5.67. The van der Waals surface area contributed by atoms with Crippen LogP contribution in [0.3, 0.4) is 0 Å². The summed E-state index contributed by atoms with van der Waals surface area (Å²) in [5, 5.41) is 2.44. The number of hydrogen-bond acceptors (Lipinski definition) is 4. The van der Waals surface area contributed by atoms with Crippen molar-refractivity contribution < 1.29 is 14.4 Å². The van der Waals surface area contributed by atoms with E-state index in [-0.39, 0.29) is 18.9 Å². The molecule has 0 spiro atoms. The van der Waals surface area contributed by atoms with E-state index in [4.69, 9.17) is 9.57 Å². The maximum absolute atomic E-state index is 12.4. The molecule has 6 heteroatoms. The zero-order valence-corrected chi connectivity index (χ0v) is 14.0. The molecule has 2 aromatic carbocycles. The number of amides is 1. The first-order valence-electron chi connectivity index (χ1n) is 8.09. The number of nitrogens with one attached hydrogen (secondary N) is 1. The highest BCUT2D eigenvalue weighted by Gasteiger charge is 2.09. The second kappa shape index (κ2) is 8.53. The second-order valence-electron chi connectivity index (χ2n) is 5.50. The van der Waals surface area contributed by atoms with E-state index in [2.05, 4.69) is 5.32 Å². The molecule has 0 aliphatic carbocycles. The lowest BCUT2D eigenvalue weighted by Crippen LogP contribution is -2.29. The largest absolute Gasteiger partial charge is 0.444 e. The van der Waals surface area contributed by atoms with Gasteiger partial charge in [0.05, 0.1) is 0 Å². The van der Waals surface area contributed by atoms with Crippen molar-refractivity contribution in [1.82, 2.24) is 4.73 Å². The van der Waals surface area contributed by atoms with Crippen LogP contribution in [0.2, 0.25) is 0 Å². The first kappa shape index (κ1) is 17.3. The number of anilines is 1. The third-order valence-electron chi connectivity index (χ3n) is 3.58. The Bertz CT molecular complexity index is 908. The second-order valence-corrected chi connectivity index (χ2v) is 5.50. The van der Waals surface area contributed by atoms with E-state index < -0.39 is 11.7 Å². The van der Waals surface area contributed by atoms with Crippen LogP contribution in [-0.2, 0) is 18.0 Å². The van der Waals surface area contributed by atoms with Crippen molar-refractivity contribution in [3.63, 3.8) is 0 Å². The number of ether oxygens (including phenoxy) is 1. The lowest BCUT2D eigenvalue weighted by Gasteiger charge is -2.11. The Balaban J connectivity index is 1.59. The van der Waals surface area contributed by atoms with Crippen molar-refractivity contribution in [1.29, 1.82) is 0 Å². The Labute approximate surface area is 150 Å². The van der Waals surface area contributed by atoms with E-state index in [0.29, 0.717) is 0 Å². The highest BCUT2D eigenvalue weighted by molar-refractivity contribution is 5.84. The Morgan fingerprint density at radius 1 is 0.846 bits per heavy atom. The number of carbonyl (C=O) groups excluding carboxylic acids is 1. The predicted octanol–water partition coefficient (Wildman–Crippen LogP) is 3.23. The lowest BCUT2D eigenvalue weighted by molar-refractivity contribution is 0.0895. The molecule has 0 aliphatic rings. The van der Waals surface area contributed by atoms with E-state index in [9.17, 15) is 9.59 Å². The van der Waals surface area contributed by atoms with Gasteiger partial charge in [-0.05, 0) is 23.3 Å². The van der Waals surface area contributed by atoms with Gasteiger partial charge >= 0.3 is 11.7 Å². The van der Waals surface area contributed by atoms with Crippen molar-refractivity contribution in [2.24, 2.45) is 0 Å². The fraction of sp³-hybridized carbons (Fsp3) is 0.100. The molecular formula is C20H18N2O4. The molecular weight excluding hydrogens is 332 g/mol. The summed E-state index contributed by atoms with van der Waals surface area (Å²) >= 11 is 0. The minimum absolute atomic E-state index is 0.0821. The van der Waals surface area contributed by atoms with E-state index in [1.165, 1.54) is 12.3 Å². The first-order valence-corrected chi connectivity index (χ1v) is 8.09. The van der Waals surface area contributed by atoms with Gasteiger partial charge in [0.15, 0.2) is 0 Å². The Morgan fingerprint density at radius 2 is 1.46 bits per heavy atom. The average molecular weight is 350 g/mol. The molecule has 0 fully saturated rings. The molecule has 1 heterocycles. The van der Waals surface area contributed by atoms with Gasteiger partial charge in [-0.25, -0.2) is 4.79 Å². The van der Waals surface area contributed by atoms with Crippen LogP contribution in [0.25, 0.3) is 0 Å². The van der Waals surface area contributed by atoms with Crippen LogP contribution in [0, 0.1) is 0 Å². The SMILES string of the molecule is O=C(Nc1cccn(OCc2ccccc2)c1=O)OCc1ccccc1. The fourth-order valence-electron chi connectivity index (χ4n) is 2.26. The van der Waals surface area contributed by atoms with Gasteiger partial charge in [0.1, 0.15) is 18.9 Å². The number of hydrogen-bond donors (Lipinski definition) is 1. The number of carbonyl (C=O) groups is 1. The van der Waals surface area contributed by atoms with E-state index in [1.807, 2.05) is 60.7 Å². The molecule has 3 aromatic rings. The molecule has 1 N–H and O–H groups in total. The monoisotopic (exact) mass is 350 g/mol. The van der Waals surface area contributed by atoms with Gasteiger partial charge in [-0.1, -0.05) is 60.7 Å². The van der Waals surface area contributed by atoms with Crippen LogP contribution in [0.4, 0.5) is 10.5 Å². The van der Waals surface area contributed by atoms with Crippen LogP contribution in [0.1, 0.15) is 11.1 Å². The summed E-state index contributed by atoms with van der Waals surface area (Å²) < 4.78 is 6.20. The average Bonchev–Trinajstić information content (AvgIpc) is 2.69. The van der Waals surface area contributed by atoms with Gasteiger partial charge in [-0.15, -0.1) is 0 Å². The third-order valence-corrected chi connectivity index (χ3v) is 3.58. The zero-order chi connectivity index (χ0) is 18.2. The predicted molar refractivity (Wildman–Crippen MR) is 97.7 cm³/mol. The number of pyridine rings is 1. The van der Waals surface area contributed by atoms with Crippen LogP contribution in [0.15, 0.2) is 83.8 Å². The summed E-state index contributed by atoms with van der Waals surface area (Å²) in [4.78, 5) is 29.8. The molecule has 0 bridgehead atoms. The highest BCUT2D eigenvalue weighted by Crippen LogP contribution is 2.04. The van der Waals surface area contributed by atoms with Gasteiger partial charge in [-0.2, -0.15) is 4.73 Å². The Morgan fingerprint density at radius 3 is 2.12 bits per heavy atom. The van der Waals surface area contributed by atoms with Crippen LogP contribution >= 0.6 is 0 Å². The number of benzene rings is 2. The minimum Gasteiger partial charge on any atom is -0.444 e. The smallest absolute Gasteiger partial charge is 0.412 e. The number of aromatic nitrogens is 1. The van der Waals surface area contributed by atoms with Crippen molar-refractivity contribution >= 4 is 11.8 Å². The molecule has 0 radical (unpaired) electrons. The molecule has 0 saturated carbocycles. The summed E-state index contributed by atoms with van der Waals surface area (Å²) in [6, 6.07) is 21.9. The summed E-state index contributed by atoms with van der Waals surface area (Å²) in [7, 11) is 0. The molecule has 3 rings (SSSR count). The topological polar surface area (TPSA) is 69.6 Å². The van der Waals surface area contributed by atoms with Crippen LogP contribution < -0.4 is 15.7 Å². The highest BCUT2D eigenvalue weighted by atomic mass is 16.7. The Hall–Kier alpha value is -3.54. The zero-order valence-electron chi connectivity index (χ0n) is 14.0. The third kappa shape index (κ3) is 4.73. The fourth-order valence-corrected chi connectivity index (χ4v) is 2.26. The molecule has 26 heavy (non-hydrogen) atoms. The maximum atomic E-state index is 12.4. The van der Waals surface area contributed by atoms with Crippen molar-refractivity contribution in [3.05, 3.63) is 100 Å². The van der Waals surface area contributed by atoms with E-state index in [0.717, 1.165) is 15.9 Å². The summed E-state index contributed by atoms with van der Waals surface area (Å²) in [5.41, 5.74) is 1.40. The van der Waals surface area contributed by atoms with Crippen molar-refractivity contribution in [2.45, 2.75) is 13.2 Å². The van der Waals surface area contributed by atoms with Crippen molar-refractivity contribution in [2.75, 3.05) is 5.32 Å². The molecule has 0 saturated heterocycles. The van der Waals surface area contributed by atoms with E-state index >= 15 is 0 Å². The lowest BCUT2D eigenvalue weighted by atomic mass is 10.2. The number of rotatable bonds is 6. The molecule has 6 nitrogen and oxygen atoms in total. The van der Waals surface area contributed by atoms with Crippen LogP contribution in [0.5, 0.6) is 0 Å². The standard InChI is InChI=1S/C20H18N2O4/c23-19-18(21-20(24)25-14-16-8-3-1-4-9-16)12-7-13-22(19)26-15-17-10-5-2-6-11-17/h1-13H,14-15H2,(H,21,24). The van der Waals surface area contributed by atoms with Crippen LogP contribution in [-0.4, -0.2) is 10.8 Å². The van der Waals surface area contributed by atoms with Gasteiger partial charge in [-0.3, -0.25) is 10.1 Å². The minimum atomic E-state index is -0.702. The molecule has 1 amide bonds. The number of nitrogens with zero attached hydrogens (tertiary/aromatic N) is 1. The molecule has 0 aliphatic heterocycles. The van der Waals surface area contributed by atoms with Gasteiger partial charge in [0, 0.05) is 6.20 Å².